The molecule has 0 aromatic carbocycles. The molecular weight excluding hydrogens is 238 g/mol. The lowest BCUT2D eigenvalue weighted by molar-refractivity contribution is 0.304. The van der Waals surface area contributed by atoms with E-state index in [1.807, 2.05) is 0 Å². The Hall–Kier alpha value is -1.03. The summed E-state index contributed by atoms with van der Waals surface area (Å²) in [6, 6.07) is 0. The molecule has 17 heavy (non-hydrogen) atoms. The highest BCUT2D eigenvalue weighted by Crippen LogP contribution is 2.09. The van der Waals surface area contributed by atoms with E-state index in [0.717, 1.165) is 43.9 Å². The predicted molar refractivity (Wildman–Crippen MR) is 70.9 cm³/mol. The second-order valence-electron chi connectivity index (χ2n) is 3.77. The van der Waals surface area contributed by atoms with Crippen LogP contribution in [0, 0.1) is 0 Å². The number of hydrogen-bond acceptors (Lipinski definition) is 4. The summed E-state index contributed by atoms with van der Waals surface area (Å²) in [4.78, 5) is 8.39. The summed E-state index contributed by atoms with van der Waals surface area (Å²) in [5.41, 5.74) is 0. The maximum Gasteiger partial charge on any atom is 0.234 e. The highest BCUT2D eigenvalue weighted by Gasteiger charge is 1.98. The third-order valence-electron chi connectivity index (χ3n) is 2.18. The van der Waals surface area contributed by atoms with Crippen molar-refractivity contribution in [2.45, 2.75) is 32.6 Å². The molecule has 96 valence electrons. The minimum Gasteiger partial charge on any atom is -0.477 e. The Morgan fingerprint density at radius 2 is 2.18 bits per heavy atom. The van der Waals surface area contributed by atoms with E-state index in [1.165, 1.54) is 0 Å². The summed E-state index contributed by atoms with van der Waals surface area (Å²) >= 11 is 5.61. The van der Waals surface area contributed by atoms with Gasteiger partial charge in [-0.1, -0.05) is 13.3 Å². The number of nitrogens with zero attached hydrogens (tertiary/aromatic N) is 2. The smallest absolute Gasteiger partial charge is 0.234 e. The van der Waals surface area contributed by atoms with Gasteiger partial charge in [0.2, 0.25) is 5.88 Å². The lowest BCUT2D eigenvalue weighted by Crippen LogP contribution is -2.05. The van der Waals surface area contributed by atoms with E-state index >= 15 is 0 Å². The number of unbranched alkanes of at least 4 members (excludes halogenated alkanes) is 2. The van der Waals surface area contributed by atoms with Crippen molar-refractivity contribution in [1.29, 1.82) is 0 Å². The van der Waals surface area contributed by atoms with E-state index in [1.54, 1.807) is 12.4 Å². The Morgan fingerprint density at radius 1 is 1.29 bits per heavy atom. The van der Waals surface area contributed by atoms with E-state index in [9.17, 15) is 0 Å². The number of hydrogen-bond donors (Lipinski definition) is 1. The van der Waals surface area contributed by atoms with Gasteiger partial charge in [0.05, 0.1) is 19.0 Å². The average molecular weight is 258 g/mol. The number of anilines is 1. The van der Waals surface area contributed by atoms with Crippen LogP contribution in [0.15, 0.2) is 12.4 Å². The van der Waals surface area contributed by atoms with Crippen molar-refractivity contribution in [3.05, 3.63) is 12.4 Å². The predicted octanol–water partition coefficient (Wildman–Crippen LogP) is 3.09. The molecule has 0 saturated heterocycles. The molecule has 4 nitrogen and oxygen atoms in total. The first kappa shape index (κ1) is 14.0. The van der Waals surface area contributed by atoms with E-state index in [2.05, 4.69) is 22.2 Å². The monoisotopic (exact) mass is 257 g/mol. The Kier molecular flexibility index (Phi) is 7.47. The molecule has 0 saturated carbocycles. The molecule has 1 aromatic rings. The van der Waals surface area contributed by atoms with Crippen molar-refractivity contribution in [1.82, 2.24) is 9.97 Å². The number of ether oxygens (including phenoxy) is 1. The van der Waals surface area contributed by atoms with Crippen molar-refractivity contribution < 1.29 is 4.74 Å². The SMILES string of the molecule is CCCOc1cncc(NCCCCCCl)n1. The van der Waals surface area contributed by atoms with Crippen LogP contribution in [-0.4, -0.2) is 29.0 Å². The molecule has 1 heterocycles. The zero-order valence-corrected chi connectivity index (χ0v) is 11.0. The topological polar surface area (TPSA) is 47.0 Å². The van der Waals surface area contributed by atoms with Crippen LogP contribution < -0.4 is 10.1 Å². The lowest BCUT2D eigenvalue weighted by Gasteiger charge is -2.07. The van der Waals surface area contributed by atoms with Gasteiger partial charge in [0.25, 0.3) is 0 Å². The molecular formula is C12H20ClN3O. The Bertz CT molecular complexity index is 310. The fourth-order valence-corrected chi connectivity index (χ4v) is 1.51. The van der Waals surface area contributed by atoms with Gasteiger partial charge in [-0.15, -0.1) is 11.6 Å². The van der Waals surface area contributed by atoms with E-state index in [4.69, 9.17) is 16.3 Å². The Balaban J connectivity index is 2.27. The molecule has 1 N–H and O–H groups in total. The average Bonchev–Trinajstić information content (AvgIpc) is 2.37. The van der Waals surface area contributed by atoms with Crippen LogP contribution in [0.4, 0.5) is 5.82 Å². The van der Waals surface area contributed by atoms with Crippen LogP contribution in [0.25, 0.3) is 0 Å². The normalized spacial score (nSPS) is 10.2. The standard InChI is InChI=1S/C12H20ClN3O/c1-2-8-17-12-10-14-9-11(16-12)15-7-5-3-4-6-13/h9-10H,2-8H2,1H3,(H,15,16). The number of halogens is 1. The molecule has 0 aliphatic heterocycles. The zero-order valence-electron chi connectivity index (χ0n) is 10.3. The molecule has 0 aliphatic carbocycles. The maximum atomic E-state index is 5.61. The first-order valence-electron chi connectivity index (χ1n) is 6.11. The minimum absolute atomic E-state index is 0.581. The Labute approximate surface area is 108 Å². The first-order valence-corrected chi connectivity index (χ1v) is 6.65. The lowest BCUT2D eigenvalue weighted by atomic mass is 10.2. The molecule has 1 aromatic heterocycles. The van der Waals surface area contributed by atoms with E-state index in [0.29, 0.717) is 12.5 Å². The van der Waals surface area contributed by atoms with Crippen molar-refractivity contribution in [3.8, 4) is 5.88 Å². The van der Waals surface area contributed by atoms with E-state index in [-0.39, 0.29) is 0 Å². The van der Waals surface area contributed by atoms with Gasteiger partial charge in [0.15, 0.2) is 0 Å². The summed E-state index contributed by atoms with van der Waals surface area (Å²) in [6.07, 6.45) is 7.60. The summed E-state index contributed by atoms with van der Waals surface area (Å²) in [5.74, 6) is 2.09. The van der Waals surface area contributed by atoms with Crippen molar-refractivity contribution in [2.24, 2.45) is 0 Å². The summed E-state index contributed by atoms with van der Waals surface area (Å²) in [7, 11) is 0. The van der Waals surface area contributed by atoms with Crippen LogP contribution in [0.2, 0.25) is 0 Å². The van der Waals surface area contributed by atoms with Gasteiger partial charge < -0.3 is 10.1 Å². The van der Waals surface area contributed by atoms with Crippen LogP contribution in [0.5, 0.6) is 5.88 Å². The van der Waals surface area contributed by atoms with Crippen LogP contribution in [0.3, 0.4) is 0 Å². The fraction of sp³-hybridized carbons (Fsp3) is 0.667. The quantitative estimate of drug-likeness (QED) is 0.546. The summed E-state index contributed by atoms with van der Waals surface area (Å²) < 4.78 is 5.41. The number of nitrogens with one attached hydrogen (secondary N) is 1. The van der Waals surface area contributed by atoms with Gasteiger partial charge >= 0.3 is 0 Å². The van der Waals surface area contributed by atoms with Crippen molar-refractivity contribution in [3.63, 3.8) is 0 Å². The first-order chi connectivity index (χ1) is 8.36. The van der Waals surface area contributed by atoms with Crippen LogP contribution in [-0.2, 0) is 0 Å². The highest BCUT2D eigenvalue weighted by atomic mass is 35.5. The van der Waals surface area contributed by atoms with Gasteiger partial charge in [0.1, 0.15) is 5.82 Å². The molecule has 0 amide bonds. The second-order valence-corrected chi connectivity index (χ2v) is 4.15. The molecule has 1 rings (SSSR count). The molecule has 5 heteroatoms. The zero-order chi connectivity index (χ0) is 12.3. The second kappa shape index (κ2) is 9.05. The highest BCUT2D eigenvalue weighted by molar-refractivity contribution is 6.17. The van der Waals surface area contributed by atoms with Gasteiger partial charge in [0, 0.05) is 12.4 Å². The summed E-state index contributed by atoms with van der Waals surface area (Å²) in [6.45, 7) is 3.63. The molecule has 0 unspecified atom stereocenters. The van der Waals surface area contributed by atoms with E-state index < -0.39 is 0 Å². The van der Waals surface area contributed by atoms with Crippen molar-refractivity contribution >= 4 is 17.4 Å². The minimum atomic E-state index is 0.581. The largest absolute Gasteiger partial charge is 0.477 e. The number of aromatic nitrogens is 2. The molecule has 0 aliphatic rings. The maximum absolute atomic E-state index is 5.61. The molecule has 0 atom stereocenters. The fourth-order valence-electron chi connectivity index (χ4n) is 1.32. The number of rotatable bonds is 9. The van der Waals surface area contributed by atoms with Crippen LogP contribution in [0.1, 0.15) is 32.6 Å². The Morgan fingerprint density at radius 3 is 2.94 bits per heavy atom. The number of alkyl halides is 1. The van der Waals surface area contributed by atoms with Gasteiger partial charge in [-0.3, -0.25) is 4.98 Å². The summed E-state index contributed by atoms with van der Waals surface area (Å²) in [5, 5.41) is 3.22. The molecule has 0 spiro atoms. The third-order valence-corrected chi connectivity index (χ3v) is 2.45. The molecule has 0 bridgehead atoms. The molecule has 0 radical (unpaired) electrons. The van der Waals surface area contributed by atoms with Gasteiger partial charge in [-0.05, 0) is 19.3 Å². The van der Waals surface area contributed by atoms with Crippen molar-refractivity contribution in [2.75, 3.05) is 24.3 Å². The third kappa shape index (κ3) is 6.31. The van der Waals surface area contributed by atoms with Crippen LogP contribution >= 0.6 is 11.6 Å². The molecule has 0 fully saturated rings. The van der Waals surface area contributed by atoms with Gasteiger partial charge in [-0.25, -0.2) is 0 Å². The van der Waals surface area contributed by atoms with Gasteiger partial charge in [-0.2, -0.15) is 4.98 Å².